The number of nitrogens with zero attached hydrogens (tertiary/aromatic N) is 3. The monoisotopic (exact) mass is 338 g/mol. The maximum atomic E-state index is 12.4. The van der Waals surface area contributed by atoms with E-state index in [9.17, 15) is 4.79 Å². The van der Waals surface area contributed by atoms with Crippen LogP contribution in [0.3, 0.4) is 0 Å². The molecule has 130 valence electrons. The third kappa shape index (κ3) is 3.04. The summed E-state index contributed by atoms with van der Waals surface area (Å²) in [5, 5.41) is 5.01. The molecule has 0 radical (unpaired) electrons. The molecule has 0 atom stereocenters. The number of rotatable bonds is 5. The average Bonchev–Trinajstić information content (AvgIpc) is 3.26. The van der Waals surface area contributed by atoms with Crippen LogP contribution in [0, 0.1) is 0 Å². The van der Waals surface area contributed by atoms with E-state index in [-0.39, 0.29) is 5.56 Å². The van der Waals surface area contributed by atoms with Crippen molar-refractivity contribution in [3.8, 4) is 5.75 Å². The Kier molecular flexibility index (Phi) is 4.26. The summed E-state index contributed by atoms with van der Waals surface area (Å²) in [6.45, 7) is 2.57. The normalized spacial score (nSPS) is 15.1. The van der Waals surface area contributed by atoms with Crippen molar-refractivity contribution in [1.82, 2.24) is 19.7 Å². The summed E-state index contributed by atoms with van der Waals surface area (Å²) in [6, 6.07) is 8.22. The zero-order chi connectivity index (χ0) is 17.2. The van der Waals surface area contributed by atoms with Gasteiger partial charge in [-0.3, -0.25) is 4.79 Å². The van der Waals surface area contributed by atoms with Crippen molar-refractivity contribution in [3.63, 3.8) is 0 Å². The maximum absolute atomic E-state index is 12.4. The Morgan fingerprint density at radius 2 is 2.08 bits per heavy atom. The molecule has 0 bridgehead atoms. The maximum Gasteiger partial charge on any atom is 0.262 e. The van der Waals surface area contributed by atoms with E-state index in [2.05, 4.69) is 10.1 Å². The smallest absolute Gasteiger partial charge is 0.262 e. The predicted octanol–water partition coefficient (Wildman–Crippen LogP) is 3.22. The Morgan fingerprint density at radius 3 is 2.88 bits per heavy atom. The quantitative estimate of drug-likeness (QED) is 0.775. The topological polar surface area (TPSA) is 72.8 Å². The van der Waals surface area contributed by atoms with Crippen molar-refractivity contribution in [2.75, 3.05) is 6.61 Å². The number of hydrogen-bond donors (Lipinski definition) is 1. The first kappa shape index (κ1) is 15.9. The van der Waals surface area contributed by atoms with Gasteiger partial charge in [-0.2, -0.15) is 5.10 Å². The molecule has 0 spiro atoms. The van der Waals surface area contributed by atoms with E-state index in [1.54, 1.807) is 6.20 Å². The van der Waals surface area contributed by atoms with Gasteiger partial charge >= 0.3 is 0 Å². The average molecular weight is 338 g/mol. The molecule has 6 heteroatoms. The fourth-order valence-electron chi connectivity index (χ4n) is 3.61. The van der Waals surface area contributed by atoms with Gasteiger partial charge in [0.05, 0.1) is 18.8 Å². The van der Waals surface area contributed by atoms with Gasteiger partial charge in [-0.05, 0) is 25.8 Å². The molecule has 6 nitrogen and oxygen atoms in total. The van der Waals surface area contributed by atoms with Crippen LogP contribution in [-0.4, -0.2) is 26.4 Å². The molecule has 2 heterocycles. The minimum atomic E-state index is -0.127. The Labute approximate surface area is 145 Å². The first-order valence-electron chi connectivity index (χ1n) is 8.93. The van der Waals surface area contributed by atoms with Crippen molar-refractivity contribution < 1.29 is 4.74 Å². The second-order valence-electron chi connectivity index (χ2n) is 6.49. The lowest BCUT2D eigenvalue weighted by molar-refractivity contribution is 0.337. The lowest BCUT2D eigenvalue weighted by Crippen LogP contribution is -2.14. The third-order valence-corrected chi connectivity index (χ3v) is 4.81. The molecule has 1 aromatic carbocycles. The number of benzene rings is 1. The standard InChI is InChI=1S/C19H22N4O2/c1-2-25-16-10-6-3-7-13(16)11-17-21-18-15(19(24)22-17)12-20-23(18)14-8-4-5-9-14/h3,6-7,10,12,14H,2,4-5,8-9,11H2,1H3,(H,21,22,24). The summed E-state index contributed by atoms with van der Waals surface area (Å²) < 4.78 is 7.62. The molecule has 0 aliphatic heterocycles. The Balaban J connectivity index is 1.73. The summed E-state index contributed by atoms with van der Waals surface area (Å²) in [5.41, 5.74) is 1.58. The molecule has 3 aromatic rings. The molecule has 1 fully saturated rings. The zero-order valence-corrected chi connectivity index (χ0v) is 14.4. The summed E-state index contributed by atoms with van der Waals surface area (Å²) in [5.74, 6) is 1.47. The molecule has 25 heavy (non-hydrogen) atoms. The van der Waals surface area contributed by atoms with E-state index in [1.165, 1.54) is 12.8 Å². The van der Waals surface area contributed by atoms with Crippen LogP contribution in [0.2, 0.25) is 0 Å². The second kappa shape index (κ2) is 6.70. The molecule has 1 aliphatic carbocycles. The van der Waals surface area contributed by atoms with E-state index < -0.39 is 0 Å². The van der Waals surface area contributed by atoms with Gasteiger partial charge in [0, 0.05) is 12.0 Å². The first-order valence-corrected chi connectivity index (χ1v) is 8.93. The van der Waals surface area contributed by atoms with E-state index in [0.717, 1.165) is 24.2 Å². The lowest BCUT2D eigenvalue weighted by Gasteiger charge is -2.12. The molecular formula is C19H22N4O2. The number of fused-ring (bicyclic) bond motifs is 1. The van der Waals surface area contributed by atoms with Gasteiger partial charge in [0.25, 0.3) is 5.56 Å². The van der Waals surface area contributed by atoms with Gasteiger partial charge in [-0.1, -0.05) is 31.0 Å². The fraction of sp³-hybridized carbons (Fsp3) is 0.421. The molecule has 2 aromatic heterocycles. The number of para-hydroxylation sites is 1. The van der Waals surface area contributed by atoms with Gasteiger partial charge in [0.1, 0.15) is 17.0 Å². The highest BCUT2D eigenvalue weighted by Gasteiger charge is 2.21. The van der Waals surface area contributed by atoms with Crippen LogP contribution in [0.1, 0.15) is 50.0 Å². The number of ether oxygens (including phenoxy) is 1. The van der Waals surface area contributed by atoms with Gasteiger partial charge in [-0.25, -0.2) is 9.67 Å². The van der Waals surface area contributed by atoms with Crippen molar-refractivity contribution in [3.05, 3.63) is 52.2 Å². The van der Waals surface area contributed by atoms with Crippen molar-refractivity contribution in [2.24, 2.45) is 0 Å². The van der Waals surface area contributed by atoms with Crippen LogP contribution in [0.15, 0.2) is 35.3 Å². The van der Waals surface area contributed by atoms with Crippen LogP contribution in [0.5, 0.6) is 5.75 Å². The van der Waals surface area contributed by atoms with E-state index in [0.29, 0.717) is 35.9 Å². The van der Waals surface area contributed by atoms with Crippen molar-refractivity contribution in [1.29, 1.82) is 0 Å². The van der Waals surface area contributed by atoms with E-state index >= 15 is 0 Å². The van der Waals surface area contributed by atoms with E-state index in [1.807, 2.05) is 35.9 Å². The van der Waals surface area contributed by atoms with Crippen LogP contribution in [-0.2, 0) is 6.42 Å². The van der Waals surface area contributed by atoms with Gasteiger partial charge < -0.3 is 9.72 Å². The molecule has 4 rings (SSSR count). The minimum absolute atomic E-state index is 0.127. The number of H-pyrrole nitrogens is 1. The summed E-state index contributed by atoms with van der Waals surface area (Å²) in [4.78, 5) is 20.1. The molecule has 0 saturated heterocycles. The molecular weight excluding hydrogens is 316 g/mol. The van der Waals surface area contributed by atoms with Crippen LogP contribution in [0.4, 0.5) is 0 Å². The number of aromatic amines is 1. The third-order valence-electron chi connectivity index (χ3n) is 4.81. The van der Waals surface area contributed by atoms with Gasteiger partial charge in [-0.15, -0.1) is 0 Å². The summed E-state index contributed by atoms with van der Waals surface area (Å²) in [7, 11) is 0. The molecule has 0 unspecified atom stereocenters. The number of nitrogens with one attached hydrogen (secondary N) is 1. The van der Waals surface area contributed by atoms with Gasteiger partial charge in [0.15, 0.2) is 5.65 Å². The zero-order valence-electron chi connectivity index (χ0n) is 14.4. The highest BCUT2D eigenvalue weighted by molar-refractivity contribution is 5.73. The largest absolute Gasteiger partial charge is 0.494 e. The number of aromatic nitrogens is 4. The van der Waals surface area contributed by atoms with Crippen LogP contribution < -0.4 is 10.3 Å². The highest BCUT2D eigenvalue weighted by atomic mass is 16.5. The Bertz CT molecular complexity index is 938. The summed E-state index contributed by atoms with van der Waals surface area (Å²) in [6.07, 6.45) is 6.80. The highest BCUT2D eigenvalue weighted by Crippen LogP contribution is 2.30. The molecule has 0 amide bonds. The number of hydrogen-bond acceptors (Lipinski definition) is 4. The van der Waals surface area contributed by atoms with Crippen molar-refractivity contribution >= 4 is 11.0 Å². The SMILES string of the molecule is CCOc1ccccc1Cc1nc2c(cnn2C2CCCC2)c(=O)[nH]1. The molecule has 1 saturated carbocycles. The van der Waals surface area contributed by atoms with Crippen LogP contribution in [0.25, 0.3) is 11.0 Å². The Hall–Kier alpha value is -2.63. The summed E-state index contributed by atoms with van der Waals surface area (Å²) >= 11 is 0. The van der Waals surface area contributed by atoms with E-state index in [4.69, 9.17) is 9.72 Å². The minimum Gasteiger partial charge on any atom is -0.494 e. The molecule has 1 aliphatic rings. The first-order chi connectivity index (χ1) is 12.3. The van der Waals surface area contributed by atoms with Crippen molar-refractivity contribution in [2.45, 2.75) is 45.1 Å². The lowest BCUT2D eigenvalue weighted by atomic mass is 10.1. The van der Waals surface area contributed by atoms with Crippen LogP contribution >= 0.6 is 0 Å². The Morgan fingerprint density at radius 1 is 1.28 bits per heavy atom. The fourth-order valence-corrected chi connectivity index (χ4v) is 3.61. The molecule has 1 N–H and O–H groups in total. The second-order valence-corrected chi connectivity index (χ2v) is 6.49. The van der Waals surface area contributed by atoms with Gasteiger partial charge in [0.2, 0.25) is 0 Å². The predicted molar refractivity (Wildman–Crippen MR) is 96.1 cm³/mol.